The zero-order valence-electron chi connectivity index (χ0n) is 11.1. The lowest BCUT2D eigenvalue weighted by atomic mass is 9.97. The molecule has 3 N–H and O–H groups in total. The molecule has 0 atom stereocenters. The van der Waals surface area contributed by atoms with Crippen LogP contribution in [0.2, 0.25) is 0 Å². The van der Waals surface area contributed by atoms with Gasteiger partial charge in [0.2, 0.25) is 0 Å². The zero-order valence-corrected chi connectivity index (χ0v) is 11.1. The third-order valence-corrected chi connectivity index (χ3v) is 2.24. The Hall–Kier alpha value is -2.11. The minimum atomic E-state index is -1.18. The summed E-state index contributed by atoms with van der Waals surface area (Å²) in [5.74, 6) is -1.87. The molecule has 2 amide bonds. The first kappa shape index (κ1) is 14.9. The molecule has 1 aromatic carbocycles. The zero-order chi connectivity index (χ0) is 14.6. The molecule has 0 spiro atoms. The van der Waals surface area contributed by atoms with Crippen molar-refractivity contribution in [3.8, 4) is 0 Å². The van der Waals surface area contributed by atoms with Crippen LogP contribution in [0.15, 0.2) is 18.2 Å². The standard InChI is InChI=1S/C13H17FN2O3/c1-13(2,3)7-15-12(19)16-10-6-8(11(17)18)4-5-9(10)14/h4-6H,7H2,1-3H3,(H,17,18)(H2,15,16,19). The predicted molar refractivity (Wildman–Crippen MR) is 69.8 cm³/mol. The highest BCUT2D eigenvalue weighted by molar-refractivity contribution is 5.93. The molecule has 104 valence electrons. The smallest absolute Gasteiger partial charge is 0.335 e. The molecular weight excluding hydrogens is 251 g/mol. The van der Waals surface area contributed by atoms with E-state index >= 15 is 0 Å². The van der Waals surface area contributed by atoms with E-state index in [-0.39, 0.29) is 16.7 Å². The Balaban J connectivity index is 2.73. The van der Waals surface area contributed by atoms with Crippen molar-refractivity contribution in [3.63, 3.8) is 0 Å². The number of aromatic carboxylic acids is 1. The monoisotopic (exact) mass is 268 g/mol. The van der Waals surface area contributed by atoms with Crippen LogP contribution in [0.3, 0.4) is 0 Å². The third kappa shape index (κ3) is 4.95. The number of carboxylic acid groups (broad SMARTS) is 1. The number of benzene rings is 1. The maximum absolute atomic E-state index is 13.4. The van der Waals surface area contributed by atoms with Crippen molar-refractivity contribution in [1.82, 2.24) is 5.32 Å². The second-order valence-electron chi connectivity index (χ2n) is 5.37. The van der Waals surface area contributed by atoms with Gasteiger partial charge in [0.1, 0.15) is 5.82 Å². The first-order valence-corrected chi connectivity index (χ1v) is 5.77. The van der Waals surface area contributed by atoms with Gasteiger partial charge in [0.25, 0.3) is 0 Å². The minimum Gasteiger partial charge on any atom is -0.478 e. The van der Waals surface area contributed by atoms with Crippen LogP contribution in [0.1, 0.15) is 31.1 Å². The number of hydrogen-bond acceptors (Lipinski definition) is 2. The summed E-state index contributed by atoms with van der Waals surface area (Å²) in [6.07, 6.45) is 0. The number of amides is 2. The Bertz CT molecular complexity index is 495. The number of rotatable bonds is 3. The first-order valence-electron chi connectivity index (χ1n) is 5.77. The van der Waals surface area contributed by atoms with Crippen LogP contribution in [0, 0.1) is 11.2 Å². The Morgan fingerprint density at radius 1 is 1.32 bits per heavy atom. The molecule has 0 unspecified atom stereocenters. The van der Waals surface area contributed by atoms with Crippen molar-refractivity contribution < 1.29 is 19.1 Å². The summed E-state index contributed by atoms with van der Waals surface area (Å²) in [7, 11) is 0. The molecule has 0 aliphatic carbocycles. The van der Waals surface area contributed by atoms with Gasteiger partial charge in [-0.1, -0.05) is 20.8 Å². The number of carboxylic acids is 1. The lowest BCUT2D eigenvalue weighted by Crippen LogP contribution is -2.35. The maximum Gasteiger partial charge on any atom is 0.335 e. The van der Waals surface area contributed by atoms with Crippen LogP contribution >= 0.6 is 0 Å². The van der Waals surface area contributed by atoms with Crippen LogP contribution in [-0.4, -0.2) is 23.7 Å². The van der Waals surface area contributed by atoms with Crippen LogP contribution < -0.4 is 10.6 Å². The Morgan fingerprint density at radius 2 is 1.95 bits per heavy atom. The van der Waals surface area contributed by atoms with Crippen LogP contribution in [-0.2, 0) is 0 Å². The van der Waals surface area contributed by atoms with Crippen LogP contribution in [0.25, 0.3) is 0 Å². The number of carbonyl (C=O) groups is 2. The number of hydrogen-bond donors (Lipinski definition) is 3. The highest BCUT2D eigenvalue weighted by atomic mass is 19.1. The van der Waals surface area contributed by atoms with Gasteiger partial charge in [0.15, 0.2) is 0 Å². The molecule has 1 rings (SSSR count). The average Bonchev–Trinajstić information content (AvgIpc) is 2.28. The lowest BCUT2D eigenvalue weighted by Gasteiger charge is -2.19. The maximum atomic E-state index is 13.4. The van der Waals surface area contributed by atoms with Gasteiger partial charge in [0.05, 0.1) is 11.3 Å². The summed E-state index contributed by atoms with van der Waals surface area (Å²) < 4.78 is 13.4. The van der Waals surface area contributed by atoms with Crippen molar-refractivity contribution in [2.75, 3.05) is 11.9 Å². The molecule has 0 aromatic heterocycles. The fourth-order valence-corrected chi connectivity index (χ4v) is 1.27. The summed E-state index contributed by atoms with van der Waals surface area (Å²) in [5, 5.41) is 13.7. The quantitative estimate of drug-likeness (QED) is 0.788. The number of anilines is 1. The van der Waals surface area contributed by atoms with Crippen molar-refractivity contribution >= 4 is 17.7 Å². The molecule has 5 nitrogen and oxygen atoms in total. The second kappa shape index (κ2) is 5.69. The molecule has 0 bridgehead atoms. The van der Waals surface area contributed by atoms with E-state index in [9.17, 15) is 14.0 Å². The lowest BCUT2D eigenvalue weighted by molar-refractivity contribution is 0.0697. The summed E-state index contributed by atoms with van der Waals surface area (Å²) in [6.45, 7) is 6.25. The molecule has 0 heterocycles. The minimum absolute atomic E-state index is 0.0903. The fraction of sp³-hybridized carbons (Fsp3) is 0.385. The normalized spacial score (nSPS) is 10.9. The van der Waals surface area contributed by atoms with Gasteiger partial charge in [-0.05, 0) is 23.6 Å². The van der Waals surface area contributed by atoms with Crippen LogP contribution in [0.5, 0.6) is 0 Å². The second-order valence-corrected chi connectivity index (χ2v) is 5.37. The summed E-state index contributed by atoms with van der Waals surface area (Å²) in [4.78, 5) is 22.3. The molecular formula is C13H17FN2O3. The number of carbonyl (C=O) groups excluding carboxylic acids is 1. The molecule has 19 heavy (non-hydrogen) atoms. The number of nitrogens with one attached hydrogen (secondary N) is 2. The number of urea groups is 1. The van der Waals surface area contributed by atoms with Gasteiger partial charge < -0.3 is 15.7 Å². The highest BCUT2D eigenvalue weighted by Crippen LogP contribution is 2.16. The van der Waals surface area contributed by atoms with Crippen molar-refractivity contribution in [1.29, 1.82) is 0 Å². The van der Waals surface area contributed by atoms with Gasteiger partial charge in [-0.25, -0.2) is 14.0 Å². The molecule has 0 aliphatic heterocycles. The van der Waals surface area contributed by atoms with Gasteiger partial charge in [-0.3, -0.25) is 0 Å². The van der Waals surface area contributed by atoms with E-state index < -0.39 is 17.8 Å². The summed E-state index contributed by atoms with van der Waals surface area (Å²) in [6, 6.07) is 2.64. The van der Waals surface area contributed by atoms with E-state index in [1.165, 1.54) is 0 Å². The van der Waals surface area contributed by atoms with E-state index in [0.717, 1.165) is 18.2 Å². The molecule has 6 heteroatoms. The third-order valence-electron chi connectivity index (χ3n) is 2.24. The van der Waals surface area contributed by atoms with Gasteiger partial charge in [0, 0.05) is 6.54 Å². The van der Waals surface area contributed by atoms with E-state index in [0.29, 0.717) is 6.54 Å². The van der Waals surface area contributed by atoms with E-state index in [1.807, 2.05) is 20.8 Å². The van der Waals surface area contributed by atoms with Crippen molar-refractivity contribution in [2.45, 2.75) is 20.8 Å². The molecule has 0 fully saturated rings. The van der Waals surface area contributed by atoms with Crippen LogP contribution in [0.4, 0.5) is 14.9 Å². The van der Waals surface area contributed by atoms with E-state index in [1.54, 1.807) is 0 Å². The van der Waals surface area contributed by atoms with Gasteiger partial charge in [-0.2, -0.15) is 0 Å². The molecule has 0 saturated heterocycles. The number of halogens is 1. The Labute approximate surface area is 110 Å². The van der Waals surface area contributed by atoms with Gasteiger partial charge >= 0.3 is 12.0 Å². The van der Waals surface area contributed by atoms with E-state index in [4.69, 9.17) is 5.11 Å². The van der Waals surface area contributed by atoms with Crippen molar-refractivity contribution in [2.24, 2.45) is 5.41 Å². The molecule has 1 aromatic rings. The Morgan fingerprint density at radius 3 is 2.47 bits per heavy atom. The van der Waals surface area contributed by atoms with Crippen molar-refractivity contribution in [3.05, 3.63) is 29.6 Å². The predicted octanol–water partition coefficient (Wildman–Crippen LogP) is 2.69. The highest BCUT2D eigenvalue weighted by Gasteiger charge is 2.14. The SMILES string of the molecule is CC(C)(C)CNC(=O)Nc1cc(C(=O)O)ccc1F. The first-order chi connectivity index (χ1) is 8.69. The molecule has 0 radical (unpaired) electrons. The topological polar surface area (TPSA) is 78.4 Å². The molecule has 0 aliphatic rings. The average molecular weight is 268 g/mol. The fourth-order valence-electron chi connectivity index (χ4n) is 1.27. The summed E-state index contributed by atoms with van der Waals surface area (Å²) >= 11 is 0. The van der Waals surface area contributed by atoms with E-state index in [2.05, 4.69) is 10.6 Å². The summed E-state index contributed by atoms with van der Waals surface area (Å²) in [5.41, 5.74) is -0.349. The molecule has 0 saturated carbocycles. The largest absolute Gasteiger partial charge is 0.478 e. The van der Waals surface area contributed by atoms with Gasteiger partial charge in [-0.15, -0.1) is 0 Å². The Kier molecular flexibility index (Phi) is 4.47.